The number of aromatic nitrogens is 2. The first-order valence-electron chi connectivity index (χ1n) is 13.3. The molecule has 9 heteroatoms. The highest BCUT2D eigenvalue weighted by Gasteiger charge is 2.35. The van der Waals surface area contributed by atoms with Gasteiger partial charge in [-0.25, -0.2) is 9.37 Å². The molecule has 6 rings (SSSR count). The van der Waals surface area contributed by atoms with Gasteiger partial charge >= 0.3 is 0 Å². The number of halogens is 1. The summed E-state index contributed by atoms with van der Waals surface area (Å²) < 4.78 is 14.8. The van der Waals surface area contributed by atoms with Gasteiger partial charge in [0.2, 0.25) is 5.95 Å². The van der Waals surface area contributed by atoms with E-state index in [2.05, 4.69) is 14.7 Å². The van der Waals surface area contributed by atoms with Crippen LogP contribution in [0, 0.1) is 5.82 Å². The standard InChI is InChI=1S/C28H35FN6O2/c1-3-20-22(29)6-5-17-11-19(36)12-24(25(17)20)33-10-7-21-23(15-33)31-27(35-13-18(30)14-35)32-26(21)34-9-4-8-28(2,37)16-34/h5-6,11-12,18,36-37H,3-4,7-10,13-16,30H2,1-2H3/t28-/m1/s1. The third-order valence-electron chi connectivity index (χ3n) is 8.02. The van der Waals surface area contributed by atoms with Gasteiger partial charge in [0.15, 0.2) is 0 Å². The molecule has 2 aromatic carbocycles. The first kappa shape index (κ1) is 24.2. The van der Waals surface area contributed by atoms with Gasteiger partial charge in [0.1, 0.15) is 17.4 Å². The van der Waals surface area contributed by atoms with E-state index in [1.807, 2.05) is 13.8 Å². The number of fused-ring (bicyclic) bond motifs is 2. The molecule has 0 amide bonds. The molecule has 2 saturated heterocycles. The summed E-state index contributed by atoms with van der Waals surface area (Å²) in [5.41, 5.74) is 8.83. The number of piperidine rings is 1. The molecule has 3 aliphatic rings. The van der Waals surface area contributed by atoms with E-state index in [1.54, 1.807) is 18.2 Å². The van der Waals surface area contributed by atoms with Gasteiger partial charge in [0, 0.05) is 61.5 Å². The summed E-state index contributed by atoms with van der Waals surface area (Å²) in [6, 6.07) is 6.77. The van der Waals surface area contributed by atoms with E-state index in [4.69, 9.17) is 15.7 Å². The minimum absolute atomic E-state index is 0.122. The Balaban J connectivity index is 1.43. The molecular weight excluding hydrogens is 471 g/mol. The van der Waals surface area contributed by atoms with Crippen molar-refractivity contribution >= 4 is 28.2 Å². The van der Waals surface area contributed by atoms with Gasteiger partial charge < -0.3 is 30.6 Å². The molecule has 4 heterocycles. The molecule has 0 bridgehead atoms. The number of rotatable bonds is 4. The average Bonchev–Trinajstić information content (AvgIpc) is 2.85. The topological polar surface area (TPSA) is 102 Å². The quantitative estimate of drug-likeness (QED) is 0.496. The number of aryl methyl sites for hydroxylation is 1. The zero-order valence-electron chi connectivity index (χ0n) is 21.5. The maximum absolute atomic E-state index is 14.8. The third-order valence-corrected chi connectivity index (χ3v) is 8.02. The second-order valence-corrected chi connectivity index (χ2v) is 11.1. The molecule has 0 radical (unpaired) electrons. The number of hydrogen-bond donors (Lipinski definition) is 3. The SMILES string of the molecule is CCc1c(F)ccc2cc(O)cc(N3CCc4c(nc(N5CC(N)C5)nc4N4CCC[C@@](C)(O)C4)C3)c12. The van der Waals surface area contributed by atoms with Crippen LogP contribution in [0.2, 0.25) is 0 Å². The predicted octanol–water partition coefficient (Wildman–Crippen LogP) is 3.10. The number of nitrogens with zero attached hydrogens (tertiary/aromatic N) is 5. The van der Waals surface area contributed by atoms with Crippen molar-refractivity contribution in [1.82, 2.24) is 9.97 Å². The predicted molar refractivity (Wildman–Crippen MR) is 144 cm³/mol. The largest absolute Gasteiger partial charge is 0.508 e. The number of phenols is 1. The van der Waals surface area contributed by atoms with Gasteiger partial charge in [-0.2, -0.15) is 4.98 Å². The Morgan fingerprint density at radius 3 is 2.68 bits per heavy atom. The van der Waals surface area contributed by atoms with Crippen LogP contribution in [0.4, 0.5) is 21.8 Å². The lowest BCUT2D eigenvalue weighted by atomic mass is 9.94. The molecule has 0 aliphatic carbocycles. The van der Waals surface area contributed by atoms with Gasteiger partial charge in [-0.15, -0.1) is 0 Å². The summed E-state index contributed by atoms with van der Waals surface area (Å²) in [5.74, 6) is 1.51. The fraction of sp³-hybridized carbons (Fsp3) is 0.500. The van der Waals surface area contributed by atoms with Gasteiger partial charge in [0.25, 0.3) is 0 Å². The first-order valence-corrected chi connectivity index (χ1v) is 13.3. The fourth-order valence-corrected chi connectivity index (χ4v) is 6.15. The van der Waals surface area contributed by atoms with E-state index in [9.17, 15) is 14.6 Å². The fourth-order valence-electron chi connectivity index (χ4n) is 6.15. The zero-order chi connectivity index (χ0) is 25.9. The normalized spacial score (nSPS) is 22.4. The van der Waals surface area contributed by atoms with E-state index >= 15 is 0 Å². The Bertz CT molecular complexity index is 1360. The molecule has 8 nitrogen and oxygen atoms in total. The molecule has 1 atom stereocenters. The lowest BCUT2D eigenvalue weighted by Crippen LogP contribution is -2.56. The van der Waals surface area contributed by atoms with Gasteiger partial charge in [-0.05, 0) is 55.7 Å². The summed E-state index contributed by atoms with van der Waals surface area (Å²) in [6.07, 6.45) is 2.96. The van der Waals surface area contributed by atoms with Gasteiger partial charge in [-0.3, -0.25) is 0 Å². The van der Waals surface area contributed by atoms with Crippen LogP contribution >= 0.6 is 0 Å². The summed E-state index contributed by atoms with van der Waals surface area (Å²) in [7, 11) is 0. The average molecular weight is 507 g/mol. The van der Waals surface area contributed by atoms with Crippen molar-refractivity contribution in [3.05, 3.63) is 46.9 Å². The van der Waals surface area contributed by atoms with Crippen LogP contribution in [-0.2, 0) is 19.4 Å². The lowest BCUT2D eigenvalue weighted by molar-refractivity contribution is 0.0446. The number of β-amino-alcohol motifs (C(OH)–C–C–N with tert-alkyl or cyclic N) is 1. The van der Waals surface area contributed by atoms with E-state index in [-0.39, 0.29) is 17.6 Å². The number of benzene rings is 2. The molecule has 0 saturated carbocycles. The van der Waals surface area contributed by atoms with Crippen LogP contribution in [0.15, 0.2) is 24.3 Å². The van der Waals surface area contributed by atoms with Crippen molar-refractivity contribution in [1.29, 1.82) is 0 Å². The van der Waals surface area contributed by atoms with E-state index in [0.717, 1.165) is 72.4 Å². The first-order chi connectivity index (χ1) is 17.7. The Morgan fingerprint density at radius 1 is 1.14 bits per heavy atom. The van der Waals surface area contributed by atoms with E-state index in [1.165, 1.54) is 6.07 Å². The van der Waals surface area contributed by atoms with Crippen molar-refractivity contribution in [3.63, 3.8) is 0 Å². The molecule has 196 valence electrons. The van der Waals surface area contributed by atoms with Crippen molar-refractivity contribution in [3.8, 4) is 5.75 Å². The second kappa shape index (κ2) is 8.99. The van der Waals surface area contributed by atoms with Crippen molar-refractivity contribution in [2.45, 2.75) is 57.7 Å². The minimum atomic E-state index is -0.753. The van der Waals surface area contributed by atoms with Crippen molar-refractivity contribution in [2.24, 2.45) is 5.73 Å². The zero-order valence-corrected chi connectivity index (χ0v) is 21.5. The van der Waals surface area contributed by atoms with Crippen LogP contribution in [-0.4, -0.2) is 64.5 Å². The number of hydrogen-bond acceptors (Lipinski definition) is 8. The van der Waals surface area contributed by atoms with Crippen LogP contribution in [0.5, 0.6) is 5.75 Å². The molecule has 0 spiro atoms. The Kier molecular flexibility index (Phi) is 5.88. The number of nitrogens with two attached hydrogens (primary N) is 1. The lowest BCUT2D eigenvalue weighted by Gasteiger charge is -2.42. The Hall–Kier alpha value is -3.17. The second-order valence-electron chi connectivity index (χ2n) is 11.1. The van der Waals surface area contributed by atoms with Crippen molar-refractivity contribution < 1.29 is 14.6 Å². The summed E-state index contributed by atoms with van der Waals surface area (Å²) in [5, 5.41) is 23.0. The highest BCUT2D eigenvalue weighted by atomic mass is 19.1. The van der Waals surface area contributed by atoms with Gasteiger partial charge in [0.05, 0.1) is 17.8 Å². The number of phenolic OH excluding ortho intramolecular Hbond substituents is 1. The smallest absolute Gasteiger partial charge is 0.227 e. The number of aliphatic hydroxyl groups is 1. The molecular formula is C28H35FN6O2. The highest BCUT2D eigenvalue weighted by molar-refractivity contribution is 5.98. The number of aromatic hydroxyl groups is 1. The van der Waals surface area contributed by atoms with E-state index in [0.29, 0.717) is 37.6 Å². The highest BCUT2D eigenvalue weighted by Crippen LogP contribution is 2.39. The maximum atomic E-state index is 14.8. The van der Waals surface area contributed by atoms with Crippen molar-refractivity contribution in [2.75, 3.05) is 47.4 Å². The molecule has 1 aromatic heterocycles. The van der Waals surface area contributed by atoms with Crippen LogP contribution < -0.4 is 20.4 Å². The molecule has 3 aromatic rings. The van der Waals surface area contributed by atoms with Gasteiger partial charge in [-0.1, -0.05) is 13.0 Å². The van der Waals surface area contributed by atoms with E-state index < -0.39 is 5.60 Å². The van der Waals surface area contributed by atoms with Crippen LogP contribution in [0.1, 0.15) is 43.5 Å². The third kappa shape index (κ3) is 4.34. The molecule has 4 N–H and O–H groups in total. The maximum Gasteiger partial charge on any atom is 0.227 e. The summed E-state index contributed by atoms with van der Waals surface area (Å²) in [4.78, 5) is 16.5. The summed E-state index contributed by atoms with van der Waals surface area (Å²) in [6.45, 7) is 7.89. The minimum Gasteiger partial charge on any atom is -0.508 e. The Morgan fingerprint density at radius 2 is 1.95 bits per heavy atom. The molecule has 0 unspecified atom stereocenters. The Labute approximate surface area is 216 Å². The molecule has 2 fully saturated rings. The summed E-state index contributed by atoms with van der Waals surface area (Å²) >= 11 is 0. The number of anilines is 3. The molecule has 3 aliphatic heterocycles. The van der Waals surface area contributed by atoms with Crippen LogP contribution in [0.3, 0.4) is 0 Å². The van der Waals surface area contributed by atoms with Crippen LogP contribution in [0.25, 0.3) is 10.8 Å². The molecule has 37 heavy (non-hydrogen) atoms. The monoisotopic (exact) mass is 506 g/mol.